The molecule has 1 heterocycles. The van der Waals surface area contributed by atoms with Crippen LogP contribution in [0.1, 0.15) is 0 Å². The van der Waals surface area contributed by atoms with Crippen LogP contribution in [-0.4, -0.2) is 102 Å². The van der Waals surface area contributed by atoms with Gasteiger partial charge < -0.3 is 9.32 Å². The largest absolute Gasteiger partial charge is 0.455 e. The predicted molar refractivity (Wildman–Crippen MR) is 359 cm³/mol. The van der Waals surface area contributed by atoms with E-state index >= 15 is 0 Å². The highest BCUT2D eigenvalue weighted by Crippen LogP contribution is 2.41. The van der Waals surface area contributed by atoms with Crippen molar-refractivity contribution >= 4 is 223 Å². The molecule has 1 aromatic heterocycles. The molecule has 0 radical (unpaired) electrons. The third-order valence-corrected chi connectivity index (χ3v) is 17.2. The van der Waals surface area contributed by atoms with Gasteiger partial charge in [0.25, 0.3) is 0 Å². The van der Waals surface area contributed by atoms with Gasteiger partial charge in [0, 0.05) is 33.2 Å². The molecule has 0 aliphatic heterocycles. The second-order valence-corrected chi connectivity index (χ2v) is 20.8. The van der Waals surface area contributed by atoms with Gasteiger partial charge in [-0.15, -0.1) is 16.4 Å². The molecule has 0 saturated carbocycles. The van der Waals surface area contributed by atoms with Crippen molar-refractivity contribution < 1.29 is 4.42 Å². The first-order chi connectivity index (χ1) is 35.2. The van der Waals surface area contributed by atoms with Crippen LogP contribution in [0.2, 0.25) is 0 Å². The summed E-state index contributed by atoms with van der Waals surface area (Å²) in [6.07, 6.45) is 0. The summed E-state index contributed by atoms with van der Waals surface area (Å²) in [6.45, 7) is 0. The Kier molecular flexibility index (Phi) is 12.4. The maximum absolute atomic E-state index is 6.63. The fourth-order valence-electron chi connectivity index (χ4n) is 12.2. The lowest BCUT2D eigenvalue weighted by Crippen LogP contribution is -2.57. The molecular weight excluding hydrogens is 867 g/mol. The number of anilines is 3. The van der Waals surface area contributed by atoms with Gasteiger partial charge in [-0.3, -0.25) is 0 Å². The molecule has 0 unspecified atom stereocenters. The van der Waals surface area contributed by atoms with Crippen LogP contribution >= 0.6 is 0 Å². The van der Waals surface area contributed by atoms with Gasteiger partial charge in [-0.25, -0.2) is 0 Å². The summed E-state index contributed by atoms with van der Waals surface area (Å²) < 4.78 is 6.63. The van der Waals surface area contributed by atoms with E-state index in [0.29, 0.717) is 0 Å². The van der Waals surface area contributed by atoms with Crippen molar-refractivity contribution in [2.75, 3.05) is 4.90 Å². The molecule has 0 aliphatic carbocycles. The zero-order valence-electron chi connectivity index (χ0n) is 44.9. The van der Waals surface area contributed by atoms with Crippen molar-refractivity contribution in [1.82, 2.24) is 0 Å². The Morgan fingerprint density at radius 2 is 0.726 bits per heavy atom. The molecule has 0 spiro atoms. The molecule has 0 aliphatic rings. The first kappa shape index (κ1) is 48.2. The van der Waals surface area contributed by atoms with E-state index in [1.807, 2.05) is 0 Å². The molecule has 0 amide bonds. The zero-order chi connectivity index (χ0) is 51.1. The number of nitrogens with zero attached hydrogens (tertiary/aromatic N) is 1. The Morgan fingerprint density at radius 1 is 0.301 bits per heavy atom. The molecule has 73 heavy (non-hydrogen) atoms. The molecule has 0 saturated heterocycles. The molecular formula is C58H52B13NO. The third-order valence-electron chi connectivity index (χ3n) is 17.2. The van der Waals surface area contributed by atoms with Crippen LogP contribution in [0.15, 0.2) is 162 Å². The Balaban J connectivity index is 1.07. The summed E-state index contributed by atoms with van der Waals surface area (Å²) in [5.41, 5.74) is 35.5. The summed E-state index contributed by atoms with van der Waals surface area (Å²) in [5, 5.41) is 4.60. The average Bonchev–Trinajstić information content (AvgIpc) is 3.82. The first-order valence-electron chi connectivity index (χ1n) is 25.9. The van der Waals surface area contributed by atoms with Gasteiger partial charge in [0.2, 0.25) is 0 Å². The highest BCUT2D eigenvalue weighted by atomic mass is 16.3. The van der Waals surface area contributed by atoms with Crippen molar-refractivity contribution in [2.24, 2.45) is 0 Å². The number of benzene rings is 10. The van der Waals surface area contributed by atoms with Crippen LogP contribution in [0.4, 0.5) is 17.1 Å². The summed E-state index contributed by atoms with van der Waals surface area (Å²) >= 11 is 0. The van der Waals surface area contributed by atoms with Gasteiger partial charge in [0.05, 0.1) is 0 Å². The van der Waals surface area contributed by atoms with E-state index in [-0.39, 0.29) is 0 Å². The minimum atomic E-state index is 0.900. The highest BCUT2D eigenvalue weighted by Gasteiger charge is 2.27. The molecule has 2 nitrogen and oxygen atoms in total. The van der Waals surface area contributed by atoms with E-state index < -0.39 is 0 Å². The highest BCUT2D eigenvalue weighted by molar-refractivity contribution is 6.72. The molecule has 0 atom stereocenters. The second-order valence-electron chi connectivity index (χ2n) is 20.8. The van der Waals surface area contributed by atoms with E-state index in [0.717, 1.165) is 49.8 Å². The Morgan fingerprint density at radius 3 is 1.27 bits per heavy atom. The fourth-order valence-corrected chi connectivity index (χ4v) is 12.2. The Hall–Kier alpha value is -7.10. The number of hydrogen-bond donors (Lipinski definition) is 0. The van der Waals surface area contributed by atoms with Crippen molar-refractivity contribution in [2.45, 2.75) is 0 Å². The second kappa shape index (κ2) is 18.7. The van der Waals surface area contributed by atoms with Crippen molar-refractivity contribution in [3.8, 4) is 55.6 Å². The Bertz CT molecular complexity index is 3980. The predicted octanol–water partition coefficient (Wildman–Crippen LogP) is -6.10. The maximum Gasteiger partial charge on any atom is 0.143 e. The van der Waals surface area contributed by atoms with Crippen LogP contribution in [0.5, 0.6) is 0 Å². The first-order valence-corrected chi connectivity index (χ1v) is 25.9. The van der Waals surface area contributed by atoms with Crippen LogP contribution < -0.4 is 75.9 Å². The lowest BCUT2D eigenvalue weighted by Gasteiger charge is -2.34. The molecule has 334 valence electrons. The van der Waals surface area contributed by atoms with Crippen molar-refractivity contribution in [3.63, 3.8) is 0 Å². The molecule has 0 N–H and O–H groups in total. The monoisotopic (exact) mass is 922 g/mol. The van der Waals surface area contributed by atoms with E-state index in [1.165, 1.54) is 127 Å². The van der Waals surface area contributed by atoms with E-state index in [2.05, 4.69) is 265 Å². The topological polar surface area (TPSA) is 16.4 Å². The summed E-state index contributed by atoms with van der Waals surface area (Å²) in [4.78, 5) is 2.50. The minimum Gasteiger partial charge on any atom is -0.455 e. The van der Waals surface area contributed by atoms with Crippen LogP contribution in [0, 0.1) is 0 Å². The van der Waals surface area contributed by atoms with Gasteiger partial charge in [-0.1, -0.05) is 170 Å². The van der Waals surface area contributed by atoms with Crippen LogP contribution in [-0.2, 0) is 0 Å². The fraction of sp³-hybridized carbons (Fsp3) is 0. The summed E-state index contributed by atoms with van der Waals surface area (Å²) in [7, 11) is 30.3. The normalized spacial score (nSPS) is 11.5. The number of furan rings is 1. The molecule has 0 bridgehead atoms. The van der Waals surface area contributed by atoms with Gasteiger partial charge in [-0.05, 0) is 103 Å². The van der Waals surface area contributed by atoms with Gasteiger partial charge >= 0.3 is 0 Å². The number of rotatable bonds is 8. The quantitative estimate of drug-likeness (QED) is 0.142. The van der Waals surface area contributed by atoms with Crippen molar-refractivity contribution in [1.29, 1.82) is 0 Å². The number of fused-ring (bicyclic) bond motifs is 5. The molecule has 10 aromatic carbocycles. The smallest absolute Gasteiger partial charge is 0.143 e. The SMILES string of the molecule is Bc1c(B)c(B)c(-c2c(B)c(B)c(-c3c(B)c(B)c(N(c4ccc(-c5cccc(-c6ccccc6)c5)cc4)c4ccc(-c5cccc6oc7c8ccccc8ccc7c56)cc4)c(B)c3B)c(B)c2B)c(B)c1B. The van der Waals surface area contributed by atoms with Crippen LogP contribution in [0.25, 0.3) is 88.3 Å². The van der Waals surface area contributed by atoms with Crippen molar-refractivity contribution in [3.05, 3.63) is 158 Å². The zero-order valence-corrected chi connectivity index (χ0v) is 44.9. The number of hydrogen-bond acceptors (Lipinski definition) is 2. The molecule has 0 fully saturated rings. The lowest BCUT2D eigenvalue weighted by molar-refractivity contribution is 0.673. The Labute approximate surface area is 442 Å². The van der Waals surface area contributed by atoms with Crippen LogP contribution in [0.3, 0.4) is 0 Å². The standard InChI is InChI=1S/C58H52B13NO/c59-44-40(42-48(63)52(67)54(69)53(68)49(42)64)45(60)47(62)41(46(44)61)43-50(65)55(70)57(56(71)51(43)66)72(33-21-16-28(17-22-33)32-12-6-11-31(26-32)27-8-2-1-3-9-27)34-23-18-30(19-24-34)35-14-7-15-38-39(35)37-25-20-29-10-4-5-13-36(29)58(37)73-38/h1-26H,59-71H2. The minimum absolute atomic E-state index is 0.900. The van der Waals surface area contributed by atoms with E-state index in [9.17, 15) is 0 Å². The van der Waals surface area contributed by atoms with E-state index in [4.69, 9.17) is 4.42 Å². The maximum atomic E-state index is 6.63. The van der Waals surface area contributed by atoms with Gasteiger partial charge in [0.15, 0.2) is 0 Å². The molecule has 11 aromatic rings. The molecule has 15 heteroatoms. The lowest BCUT2D eigenvalue weighted by atomic mass is 9.55. The third kappa shape index (κ3) is 7.85. The molecule has 11 rings (SSSR count). The van der Waals surface area contributed by atoms with Gasteiger partial charge in [0.1, 0.15) is 113 Å². The van der Waals surface area contributed by atoms with Gasteiger partial charge in [-0.2, -0.15) is 0 Å². The summed E-state index contributed by atoms with van der Waals surface area (Å²) in [5.74, 6) is 0. The van der Waals surface area contributed by atoms with E-state index in [1.54, 1.807) is 0 Å². The average molecular weight is 920 g/mol. The summed E-state index contributed by atoms with van der Waals surface area (Å²) in [6, 6.07) is 57.3.